The second-order valence-corrected chi connectivity index (χ2v) is 5.16. The molecule has 0 aromatic carbocycles. The molecule has 0 radical (unpaired) electrons. The van der Waals surface area contributed by atoms with Crippen molar-refractivity contribution in [2.45, 2.75) is 31.7 Å². The van der Waals surface area contributed by atoms with E-state index in [2.05, 4.69) is 40.3 Å². The Morgan fingerprint density at radius 2 is 2.17 bits per heavy atom. The van der Waals surface area contributed by atoms with Gasteiger partial charge in [-0.3, -0.25) is 0 Å². The van der Waals surface area contributed by atoms with E-state index in [1.165, 1.54) is 19.3 Å². The Bertz CT molecular complexity index is 471. The van der Waals surface area contributed by atoms with Crippen LogP contribution >= 0.6 is 0 Å². The van der Waals surface area contributed by atoms with Crippen molar-refractivity contribution in [3.63, 3.8) is 0 Å². The van der Waals surface area contributed by atoms with Gasteiger partial charge in [-0.1, -0.05) is 0 Å². The lowest BCUT2D eigenvalue weighted by Crippen LogP contribution is -2.54. The van der Waals surface area contributed by atoms with E-state index in [1.807, 2.05) is 6.92 Å². The lowest BCUT2D eigenvalue weighted by atomic mass is 9.75. The van der Waals surface area contributed by atoms with E-state index in [9.17, 15) is 0 Å². The van der Waals surface area contributed by atoms with Gasteiger partial charge in [-0.25, -0.2) is 9.97 Å². The van der Waals surface area contributed by atoms with E-state index in [-0.39, 0.29) is 5.54 Å². The Kier molecular flexibility index (Phi) is 3.48. The quantitative estimate of drug-likeness (QED) is 0.872. The minimum absolute atomic E-state index is 0.222. The van der Waals surface area contributed by atoms with Crippen molar-refractivity contribution in [2.75, 3.05) is 26.0 Å². The summed E-state index contributed by atoms with van der Waals surface area (Å²) >= 11 is 0. The van der Waals surface area contributed by atoms with E-state index in [0.717, 1.165) is 12.2 Å². The molecule has 1 aliphatic carbocycles. The Labute approximate surface area is 108 Å². The first kappa shape index (κ1) is 12.8. The third-order valence-corrected chi connectivity index (χ3v) is 3.78. The third-order valence-electron chi connectivity index (χ3n) is 3.78. The highest BCUT2D eigenvalue weighted by molar-refractivity contribution is 5.33. The zero-order chi connectivity index (χ0) is 13.2. The molecule has 1 fully saturated rings. The molecule has 96 valence electrons. The van der Waals surface area contributed by atoms with Crippen molar-refractivity contribution in [3.05, 3.63) is 17.5 Å². The van der Waals surface area contributed by atoms with Crippen molar-refractivity contribution in [1.82, 2.24) is 14.9 Å². The number of nitrogens with one attached hydrogen (secondary N) is 1. The number of aromatic nitrogens is 2. The van der Waals surface area contributed by atoms with Gasteiger partial charge < -0.3 is 10.2 Å². The van der Waals surface area contributed by atoms with Crippen molar-refractivity contribution in [2.24, 2.45) is 0 Å². The Morgan fingerprint density at radius 3 is 2.67 bits per heavy atom. The summed E-state index contributed by atoms with van der Waals surface area (Å²) in [4.78, 5) is 10.8. The molecule has 1 saturated carbocycles. The summed E-state index contributed by atoms with van der Waals surface area (Å²) in [6.07, 6.45) is 3.67. The van der Waals surface area contributed by atoms with Crippen LogP contribution in [0.1, 0.15) is 30.7 Å². The van der Waals surface area contributed by atoms with Crippen molar-refractivity contribution in [3.8, 4) is 6.07 Å². The highest BCUT2D eigenvalue weighted by Crippen LogP contribution is 2.35. The standard InChI is InChI=1S/C13H19N5/c1-10-7-11(8-14)17-12(16-10)15-9-13(18(2)3)5-4-6-13/h7H,4-6,9H2,1-3H3,(H,15,16,17). The van der Waals surface area contributed by atoms with Gasteiger partial charge >= 0.3 is 0 Å². The highest BCUT2D eigenvalue weighted by Gasteiger charge is 2.38. The van der Waals surface area contributed by atoms with E-state index in [1.54, 1.807) is 6.07 Å². The SMILES string of the molecule is Cc1cc(C#N)nc(NCC2(N(C)C)CCC2)n1. The van der Waals surface area contributed by atoms with Crippen LogP contribution in [-0.2, 0) is 0 Å². The molecule has 1 heterocycles. The number of aryl methyl sites for hydroxylation is 1. The predicted molar refractivity (Wildman–Crippen MR) is 70.2 cm³/mol. The normalized spacial score (nSPS) is 17.1. The summed E-state index contributed by atoms with van der Waals surface area (Å²) in [6, 6.07) is 3.75. The topological polar surface area (TPSA) is 64.8 Å². The number of anilines is 1. The third kappa shape index (κ3) is 2.44. The monoisotopic (exact) mass is 245 g/mol. The summed E-state index contributed by atoms with van der Waals surface area (Å²) in [6.45, 7) is 2.70. The molecular formula is C13H19N5. The first-order valence-electron chi connectivity index (χ1n) is 6.23. The molecule has 0 aliphatic heterocycles. The molecule has 18 heavy (non-hydrogen) atoms. The zero-order valence-electron chi connectivity index (χ0n) is 11.2. The summed E-state index contributed by atoms with van der Waals surface area (Å²) in [5, 5.41) is 12.2. The molecule has 0 amide bonds. The van der Waals surface area contributed by atoms with E-state index in [0.29, 0.717) is 11.6 Å². The molecule has 5 heteroatoms. The van der Waals surface area contributed by atoms with Gasteiger partial charge in [0, 0.05) is 17.8 Å². The van der Waals surface area contributed by atoms with Gasteiger partial charge in [-0.2, -0.15) is 5.26 Å². The molecule has 0 saturated heterocycles. The van der Waals surface area contributed by atoms with Crippen LogP contribution < -0.4 is 5.32 Å². The molecule has 0 unspecified atom stereocenters. The fourth-order valence-electron chi connectivity index (χ4n) is 2.32. The number of nitriles is 1. The maximum absolute atomic E-state index is 8.88. The molecule has 1 N–H and O–H groups in total. The van der Waals surface area contributed by atoms with Crippen LogP contribution in [0, 0.1) is 18.3 Å². The first-order chi connectivity index (χ1) is 8.55. The molecule has 1 aromatic rings. The number of hydrogen-bond acceptors (Lipinski definition) is 5. The summed E-state index contributed by atoms with van der Waals surface area (Å²) in [5.74, 6) is 0.555. The maximum Gasteiger partial charge on any atom is 0.224 e. The predicted octanol–water partition coefficient (Wildman–Crippen LogP) is 1.55. The average molecular weight is 245 g/mol. The minimum atomic E-state index is 0.222. The Balaban J connectivity index is 2.06. The summed E-state index contributed by atoms with van der Waals surface area (Å²) in [5.41, 5.74) is 1.45. The number of nitrogens with zero attached hydrogens (tertiary/aromatic N) is 4. The fourth-order valence-corrected chi connectivity index (χ4v) is 2.32. The smallest absolute Gasteiger partial charge is 0.224 e. The van der Waals surface area contributed by atoms with Crippen LogP contribution in [0.15, 0.2) is 6.07 Å². The molecule has 1 aromatic heterocycles. The van der Waals surface area contributed by atoms with Gasteiger partial charge in [-0.05, 0) is 46.3 Å². The Morgan fingerprint density at radius 1 is 1.44 bits per heavy atom. The van der Waals surface area contributed by atoms with Crippen LogP contribution in [0.5, 0.6) is 0 Å². The van der Waals surface area contributed by atoms with Crippen LogP contribution in [0.3, 0.4) is 0 Å². The largest absolute Gasteiger partial charge is 0.352 e. The molecule has 1 aliphatic rings. The van der Waals surface area contributed by atoms with Gasteiger partial charge in [0.1, 0.15) is 11.8 Å². The van der Waals surface area contributed by atoms with Crippen LogP contribution in [0.25, 0.3) is 0 Å². The minimum Gasteiger partial charge on any atom is -0.352 e. The number of likely N-dealkylation sites (N-methyl/N-ethyl adjacent to an activating group) is 1. The van der Waals surface area contributed by atoms with Crippen LogP contribution in [0.2, 0.25) is 0 Å². The van der Waals surface area contributed by atoms with Crippen molar-refractivity contribution >= 4 is 5.95 Å². The molecule has 2 rings (SSSR count). The second kappa shape index (κ2) is 4.91. The van der Waals surface area contributed by atoms with Crippen molar-refractivity contribution in [1.29, 1.82) is 5.26 Å². The first-order valence-corrected chi connectivity index (χ1v) is 6.23. The Hall–Kier alpha value is -1.67. The van der Waals surface area contributed by atoms with Gasteiger partial charge in [0.05, 0.1) is 0 Å². The lowest BCUT2D eigenvalue weighted by Gasteiger charge is -2.47. The molecule has 0 bridgehead atoms. The van der Waals surface area contributed by atoms with E-state index >= 15 is 0 Å². The second-order valence-electron chi connectivity index (χ2n) is 5.16. The van der Waals surface area contributed by atoms with Crippen molar-refractivity contribution < 1.29 is 0 Å². The zero-order valence-corrected chi connectivity index (χ0v) is 11.2. The van der Waals surface area contributed by atoms with E-state index < -0.39 is 0 Å². The van der Waals surface area contributed by atoms with Gasteiger partial charge in [0.25, 0.3) is 0 Å². The molecule has 5 nitrogen and oxygen atoms in total. The van der Waals surface area contributed by atoms with Crippen LogP contribution in [0.4, 0.5) is 5.95 Å². The summed E-state index contributed by atoms with van der Waals surface area (Å²) < 4.78 is 0. The van der Waals surface area contributed by atoms with Gasteiger partial charge in [0.2, 0.25) is 5.95 Å². The fraction of sp³-hybridized carbons (Fsp3) is 0.615. The van der Waals surface area contributed by atoms with Crippen LogP contribution in [-0.4, -0.2) is 41.0 Å². The highest BCUT2D eigenvalue weighted by atomic mass is 15.2. The van der Waals surface area contributed by atoms with Gasteiger partial charge in [-0.15, -0.1) is 0 Å². The number of hydrogen-bond donors (Lipinski definition) is 1. The lowest BCUT2D eigenvalue weighted by molar-refractivity contribution is 0.0737. The maximum atomic E-state index is 8.88. The number of rotatable bonds is 4. The van der Waals surface area contributed by atoms with Gasteiger partial charge in [0.15, 0.2) is 0 Å². The molecule has 0 spiro atoms. The average Bonchev–Trinajstić information content (AvgIpc) is 2.26. The molecule has 0 atom stereocenters. The van der Waals surface area contributed by atoms with E-state index in [4.69, 9.17) is 5.26 Å². The molecular weight excluding hydrogens is 226 g/mol. The summed E-state index contributed by atoms with van der Waals surface area (Å²) in [7, 11) is 4.22.